The van der Waals surface area contributed by atoms with Crippen molar-refractivity contribution in [2.45, 2.75) is 57.2 Å². The molecule has 1 atom stereocenters. The number of carbonyl (C=O) groups excluding carboxylic acids is 1. The molecule has 21 heavy (non-hydrogen) atoms. The molecule has 1 unspecified atom stereocenters. The van der Waals surface area contributed by atoms with Crippen molar-refractivity contribution in [3.05, 3.63) is 29.6 Å². The van der Waals surface area contributed by atoms with E-state index in [2.05, 4.69) is 0 Å². The van der Waals surface area contributed by atoms with Gasteiger partial charge in [-0.1, -0.05) is 12.8 Å². The monoisotopic (exact) mass is 292 g/mol. The van der Waals surface area contributed by atoms with E-state index in [1.165, 1.54) is 31.9 Å². The molecular formula is C17H21FO3. The van der Waals surface area contributed by atoms with Crippen LogP contribution >= 0.6 is 0 Å². The Morgan fingerprint density at radius 2 is 2.14 bits per heavy atom. The molecule has 114 valence electrons. The summed E-state index contributed by atoms with van der Waals surface area (Å²) >= 11 is 0. The molecule has 3 nitrogen and oxygen atoms in total. The number of halogens is 1. The van der Waals surface area contributed by atoms with Crippen LogP contribution in [0.15, 0.2) is 18.2 Å². The van der Waals surface area contributed by atoms with Gasteiger partial charge in [-0.15, -0.1) is 0 Å². The van der Waals surface area contributed by atoms with Crippen molar-refractivity contribution in [2.75, 3.05) is 6.61 Å². The van der Waals surface area contributed by atoms with Gasteiger partial charge in [0.15, 0.2) is 5.78 Å². The van der Waals surface area contributed by atoms with Crippen LogP contribution in [-0.2, 0) is 4.74 Å². The lowest BCUT2D eigenvalue weighted by Crippen LogP contribution is -2.27. The molecule has 0 N–H and O–H groups in total. The van der Waals surface area contributed by atoms with Crippen LogP contribution in [0.1, 0.15) is 55.8 Å². The Hall–Kier alpha value is -1.42. The van der Waals surface area contributed by atoms with Gasteiger partial charge in [0.1, 0.15) is 18.2 Å². The van der Waals surface area contributed by atoms with Crippen LogP contribution < -0.4 is 4.74 Å². The first-order valence-electron chi connectivity index (χ1n) is 7.69. The molecule has 2 aliphatic rings. The Labute approximate surface area is 124 Å². The predicted molar refractivity (Wildman–Crippen MR) is 77.2 cm³/mol. The largest absolute Gasteiger partial charge is 0.491 e. The Bertz CT molecular complexity index is 535. The molecular weight excluding hydrogens is 271 g/mol. The van der Waals surface area contributed by atoms with Crippen LogP contribution in [0, 0.1) is 5.82 Å². The first kappa shape index (κ1) is 14.5. The Morgan fingerprint density at radius 3 is 2.81 bits per heavy atom. The van der Waals surface area contributed by atoms with E-state index in [0.29, 0.717) is 12.4 Å². The quantitative estimate of drug-likeness (QED) is 0.790. The highest BCUT2D eigenvalue weighted by atomic mass is 19.1. The van der Waals surface area contributed by atoms with Gasteiger partial charge >= 0.3 is 0 Å². The molecule has 4 heteroatoms. The summed E-state index contributed by atoms with van der Waals surface area (Å²) in [4.78, 5) is 11.2. The smallest absolute Gasteiger partial charge is 0.162 e. The van der Waals surface area contributed by atoms with Crippen LogP contribution in [-0.4, -0.2) is 24.1 Å². The van der Waals surface area contributed by atoms with Gasteiger partial charge in [0.2, 0.25) is 0 Å². The molecule has 2 fully saturated rings. The molecule has 0 aromatic heterocycles. The van der Waals surface area contributed by atoms with Gasteiger partial charge in [0.05, 0.1) is 17.3 Å². The van der Waals surface area contributed by atoms with Crippen molar-refractivity contribution in [1.82, 2.24) is 0 Å². The fourth-order valence-corrected chi connectivity index (χ4v) is 3.46. The normalized spacial score (nSPS) is 23.6. The lowest BCUT2D eigenvalue weighted by atomic mass is 9.98. The number of hydrogen-bond donors (Lipinski definition) is 0. The minimum absolute atomic E-state index is 0.0950. The zero-order valence-electron chi connectivity index (χ0n) is 12.4. The summed E-state index contributed by atoms with van der Waals surface area (Å²) in [6, 6.07) is 4.39. The first-order valence-corrected chi connectivity index (χ1v) is 7.69. The minimum Gasteiger partial charge on any atom is -0.491 e. The van der Waals surface area contributed by atoms with Gasteiger partial charge in [0.25, 0.3) is 0 Å². The Kier molecular flexibility index (Phi) is 3.98. The number of hydrogen-bond acceptors (Lipinski definition) is 3. The van der Waals surface area contributed by atoms with E-state index >= 15 is 0 Å². The number of benzene rings is 1. The number of rotatable bonds is 4. The summed E-state index contributed by atoms with van der Waals surface area (Å²) in [5.41, 5.74) is 0.196. The fraction of sp³-hybridized carbons (Fsp3) is 0.588. The zero-order chi connectivity index (χ0) is 14.9. The van der Waals surface area contributed by atoms with Crippen molar-refractivity contribution in [1.29, 1.82) is 0 Å². The van der Waals surface area contributed by atoms with Crippen LogP contribution in [0.3, 0.4) is 0 Å². The molecule has 3 rings (SSSR count). The molecule has 1 aromatic rings. The molecule has 1 saturated heterocycles. The van der Waals surface area contributed by atoms with Crippen LogP contribution in [0.5, 0.6) is 5.75 Å². The van der Waals surface area contributed by atoms with Gasteiger partial charge in [0, 0.05) is 6.07 Å². The topological polar surface area (TPSA) is 35.5 Å². The van der Waals surface area contributed by atoms with Crippen LogP contribution in [0.4, 0.5) is 4.39 Å². The summed E-state index contributed by atoms with van der Waals surface area (Å²) in [5, 5.41) is 0. The van der Waals surface area contributed by atoms with Crippen molar-refractivity contribution < 1.29 is 18.7 Å². The van der Waals surface area contributed by atoms with Crippen molar-refractivity contribution in [2.24, 2.45) is 0 Å². The third-order valence-electron chi connectivity index (χ3n) is 4.61. The number of ether oxygens (including phenoxy) is 2. The average molecular weight is 292 g/mol. The molecule has 1 heterocycles. The maximum atomic E-state index is 13.7. The SMILES string of the molecule is CC(=O)c1ccc(OCC2CCC3(CCCC3)O2)cc1F. The maximum Gasteiger partial charge on any atom is 0.162 e. The van der Waals surface area contributed by atoms with E-state index in [-0.39, 0.29) is 23.1 Å². The standard InChI is InChI=1S/C17H21FO3/c1-12(19)15-5-4-13(10-16(15)18)20-11-14-6-9-17(21-14)7-2-3-8-17/h4-5,10,14H,2-3,6-9,11H2,1H3. The number of carbonyl (C=O) groups is 1. The Morgan fingerprint density at radius 1 is 1.38 bits per heavy atom. The van der Waals surface area contributed by atoms with E-state index in [1.54, 1.807) is 6.07 Å². The molecule has 0 bridgehead atoms. The highest BCUT2D eigenvalue weighted by Crippen LogP contribution is 2.43. The average Bonchev–Trinajstić information content (AvgIpc) is 3.07. The number of Topliss-reactive ketones (excluding diaryl/α,β-unsaturated/α-hetero) is 1. The van der Waals surface area contributed by atoms with E-state index in [9.17, 15) is 9.18 Å². The summed E-state index contributed by atoms with van der Waals surface area (Å²) in [7, 11) is 0. The van der Waals surface area contributed by atoms with Crippen molar-refractivity contribution >= 4 is 5.78 Å². The third kappa shape index (κ3) is 3.10. The van der Waals surface area contributed by atoms with Crippen molar-refractivity contribution in [3.8, 4) is 5.75 Å². The summed E-state index contributed by atoms with van der Waals surface area (Å²) in [6.45, 7) is 1.80. The third-order valence-corrected chi connectivity index (χ3v) is 4.61. The molecule has 0 radical (unpaired) electrons. The molecule has 1 aromatic carbocycles. The van der Waals surface area contributed by atoms with E-state index < -0.39 is 5.82 Å². The Balaban J connectivity index is 1.56. The van der Waals surface area contributed by atoms with Crippen LogP contribution in [0.25, 0.3) is 0 Å². The molecule has 1 aliphatic heterocycles. The van der Waals surface area contributed by atoms with E-state index in [0.717, 1.165) is 25.7 Å². The highest BCUT2D eigenvalue weighted by molar-refractivity contribution is 5.94. The fourth-order valence-electron chi connectivity index (χ4n) is 3.46. The molecule has 1 aliphatic carbocycles. The van der Waals surface area contributed by atoms with Gasteiger partial charge in [-0.05, 0) is 44.7 Å². The van der Waals surface area contributed by atoms with Gasteiger partial charge in [-0.2, -0.15) is 0 Å². The van der Waals surface area contributed by atoms with Gasteiger partial charge in [-0.25, -0.2) is 4.39 Å². The molecule has 1 saturated carbocycles. The number of ketones is 1. The molecule has 0 amide bonds. The maximum absolute atomic E-state index is 13.7. The highest BCUT2D eigenvalue weighted by Gasteiger charge is 2.42. The summed E-state index contributed by atoms with van der Waals surface area (Å²) in [6.07, 6.45) is 7.04. The lowest BCUT2D eigenvalue weighted by molar-refractivity contribution is -0.0509. The second-order valence-corrected chi connectivity index (χ2v) is 6.18. The van der Waals surface area contributed by atoms with Gasteiger partial charge in [-0.3, -0.25) is 4.79 Å². The second-order valence-electron chi connectivity index (χ2n) is 6.18. The van der Waals surface area contributed by atoms with Crippen LogP contribution in [0.2, 0.25) is 0 Å². The zero-order valence-corrected chi connectivity index (χ0v) is 12.4. The molecule has 1 spiro atoms. The summed E-state index contributed by atoms with van der Waals surface area (Å²) < 4.78 is 25.5. The predicted octanol–water partition coefficient (Wildman–Crippen LogP) is 3.90. The van der Waals surface area contributed by atoms with E-state index in [4.69, 9.17) is 9.47 Å². The van der Waals surface area contributed by atoms with E-state index in [1.807, 2.05) is 0 Å². The lowest BCUT2D eigenvalue weighted by Gasteiger charge is -2.23. The summed E-state index contributed by atoms with van der Waals surface area (Å²) in [5.74, 6) is -0.352. The minimum atomic E-state index is -0.528. The first-order chi connectivity index (χ1) is 10.1. The van der Waals surface area contributed by atoms with Crippen molar-refractivity contribution in [3.63, 3.8) is 0 Å². The second kappa shape index (κ2) is 5.76. The van der Waals surface area contributed by atoms with Gasteiger partial charge < -0.3 is 9.47 Å².